The summed E-state index contributed by atoms with van der Waals surface area (Å²) in [5.41, 5.74) is 5.67. The molecule has 0 aliphatic carbocycles. The molecule has 4 nitrogen and oxygen atoms in total. The van der Waals surface area contributed by atoms with Gasteiger partial charge in [-0.05, 0) is 19.4 Å². The van der Waals surface area contributed by atoms with Crippen LogP contribution in [-0.4, -0.2) is 28.0 Å². The molecule has 19 heavy (non-hydrogen) atoms. The maximum Gasteiger partial charge on any atom is 0.180 e. The average Bonchev–Trinajstić information content (AvgIpc) is 3.01. The molecule has 7 heteroatoms. The highest BCUT2D eigenvalue weighted by molar-refractivity contribution is 7.15. The number of likely N-dealkylation sites (tertiary alicyclic amines) is 1. The Morgan fingerprint density at radius 3 is 3.00 bits per heavy atom. The lowest BCUT2D eigenvalue weighted by molar-refractivity contribution is 0.201. The van der Waals surface area contributed by atoms with Crippen LogP contribution in [0.4, 0.5) is 5.13 Å². The molecule has 1 fully saturated rings. The van der Waals surface area contributed by atoms with Crippen molar-refractivity contribution in [3.8, 4) is 0 Å². The molecule has 1 aliphatic rings. The second kappa shape index (κ2) is 6.65. The minimum atomic E-state index is 0. The first kappa shape index (κ1) is 14.7. The van der Waals surface area contributed by atoms with Gasteiger partial charge in [0.25, 0.3) is 0 Å². The molecule has 0 radical (unpaired) electrons. The van der Waals surface area contributed by atoms with Gasteiger partial charge in [0.1, 0.15) is 0 Å². The monoisotopic (exact) mass is 316 g/mol. The predicted molar refractivity (Wildman–Crippen MR) is 83.1 cm³/mol. The van der Waals surface area contributed by atoms with E-state index in [0.29, 0.717) is 11.0 Å². The molecule has 2 aromatic heterocycles. The van der Waals surface area contributed by atoms with Crippen molar-refractivity contribution in [2.75, 3.05) is 18.8 Å². The van der Waals surface area contributed by atoms with Crippen LogP contribution >= 0.6 is 35.1 Å². The molecular formula is C12H17ClN4S2. The van der Waals surface area contributed by atoms with Crippen molar-refractivity contribution in [3.63, 3.8) is 0 Å². The van der Waals surface area contributed by atoms with Crippen LogP contribution in [0.25, 0.3) is 0 Å². The molecular weight excluding hydrogens is 300 g/mol. The third kappa shape index (κ3) is 3.66. The summed E-state index contributed by atoms with van der Waals surface area (Å²) < 4.78 is 0. The lowest BCUT2D eigenvalue weighted by Gasteiger charge is -2.31. The molecule has 2 N–H and O–H groups in total. The molecule has 0 aromatic carbocycles. The number of halogens is 1. The topological polar surface area (TPSA) is 55.0 Å². The first-order valence-electron chi connectivity index (χ1n) is 6.13. The Morgan fingerprint density at radius 1 is 1.42 bits per heavy atom. The SMILES string of the molecule is Cl.Nc1ncc(CN2CCCC(c3nccs3)C2)s1. The first-order chi connectivity index (χ1) is 8.81. The molecule has 1 saturated heterocycles. The number of nitrogen functional groups attached to an aromatic ring is 1. The van der Waals surface area contributed by atoms with E-state index in [4.69, 9.17) is 5.73 Å². The minimum Gasteiger partial charge on any atom is -0.375 e. The summed E-state index contributed by atoms with van der Waals surface area (Å²) >= 11 is 3.37. The summed E-state index contributed by atoms with van der Waals surface area (Å²) in [5.74, 6) is 0.601. The first-order valence-corrected chi connectivity index (χ1v) is 7.83. The minimum absolute atomic E-state index is 0. The molecule has 2 aromatic rings. The summed E-state index contributed by atoms with van der Waals surface area (Å²) in [6, 6.07) is 0. The fraction of sp³-hybridized carbons (Fsp3) is 0.500. The van der Waals surface area contributed by atoms with E-state index in [0.717, 1.165) is 13.1 Å². The standard InChI is InChI=1S/C12H16N4S2.ClH/c13-12-15-6-10(18-12)8-16-4-1-2-9(7-16)11-14-3-5-17-11;/h3,5-6,9H,1-2,4,7-8H2,(H2,13,15);1H. The second-order valence-corrected chi connectivity index (χ2v) is 6.68. The molecule has 1 aliphatic heterocycles. The Hall–Kier alpha value is -0.690. The summed E-state index contributed by atoms with van der Waals surface area (Å²) in [6.45, 7) is 3.24. The van der Waals surface area contributed by atoms with Crippen molar-refractivity contribution in [2.45, 2.75) is 25.3 Å². The van der Waals surface area contributed by atoms with Gasteiger partial charge < -0.3 is 5.73 Å². The highest BCUT2D eigenvalue weighted by Gasteiger charge is 2.23. The Labute approximate surface area is 127 Å². The van der Waals surface area contributed by atoms with E-state index in [1.807, 2.05) is 12.4 Å². The van der Waals surface area contributed by atoms with Gasteiger partial charge in [0, 0.05) is 41.7 Å². The van der Waals surface area contributed by atoms with Crippen molar-refractivity contribution >= 4 is 40.2 Å². The van der Waals surface area contributed by atoms with Crippen LogP contribution in [0, 0.1) is 0 Å². The number of hydrogen-bond donors (Lipinski definition) is 1. The van der Waals surface area contributed by atoms with E-state index in [-0.39, 0.29) is 12.4 Å². The van der Waals surface area contributed by atoms with E-state index >= 15 is 0 Å². The predicted octanol–water partition coefficient (Wildman–Crippen LogP) is 2.98. The number of anilines is 1. The largest absolute Gasteiger partial charge is 0.375 e. The summed E-state index contributed by atoms with van der Waals surface area (Å²) in [4.78, 5) is 12.3. The number of nitrogens with two attached hydrogens (primary N) is 1. The Morgan fingerprint density at radius 2 is 2.32 bits per heavy atom. The van der Waals surface area contributed by atoms with E-state index in [1.165, 1.54) is 29.3 Å². The van der Waals surface area contributed by atoms with Crippen LogP contribution in [-0.2, 0) is 6.54 Å². The van der Waals surface area contributed by atoms with Crippen LogP contribution in [0.5, 0.6) is 0 Å². The van der Waals surface area contributed by atoms with Crippen molar-refractivity contribution < 1.29 is 0 Å². The Bertz CT molecular complexity index is 500. The zero-order valence-corrected chi connectivity index (χ0v) is 12.9. The number of nitrogens with zero attached hydrogens (tertiary/aromatic N) is 3. The zero-order valence-electron chi connectivity index (χ0n) is 10.5. The molecule has 1 unspecified atom stereocenters. The number of aromatic nitrogens is 2. The number of piperidine rings is 1. The number of rotatable bonds is 3. The fourth-order valence-corrected chi connectivity index (χ4v) is 3.95. The second-order valence-electron chi connectivity index (χ2n) is 4.61. The summed E-state index contributed by atoms with van der Waals surface area (Å²) in [6.07, 6.45) is 6.31. The van der Waals surface area contributed by atoms with Crippen molar-refractivity contribution in [2.24, 2.45) is 0 Å². The molecule has 104 valence electrons. The van der Waals surface area contributed by atoms with E-state index in [1.54, 1.807) is 22.7 Å². The van der Waals surface area contributed by atoms with Crippen LogP contribution in [0.1, 0.15) is 28.6 Å². The molecule has 0 amide bonds. The Kier molecular flexibility index (Phi) is 5.15. The van der Waals surface area contributed by atoms with Crippen LogP contribution in [0.2, 0.25) is 0 Å². The number of hydrogen-bond acceptors (Lipinski definition) is 6. The third-order valence-corrected chi connectivity index (χ3v) is 5.01. The molecule has 0 spiro atoms. The van der Waals surface area contributed by atoms with Gasteiger partial charge in [-0.3, -0.25) is 4.90 Å². The van der Waals surface area contributed by atoms with E-state index in [2.05, 4.69) is 20.2 Å². The van der Waals surface area contributed by atoms with Gasteiger partial charge in [0.15, 0.2) is 5.13 Å². The van der Waals surface area contributed by atoms with Crippen LogP contribution in [0.15, 0.2) is 17.8 Å². The molecule has 3 heterocycles. The van der Waals surface area contributed by atoms with Gasteiger partial charge in [0.05, 0.1) is 5.01 Å². The highest BCUT2D eigenvalue weighted by Crippen LogP contribution is 2.29. The third-order valence-electron chi connectivity index (χ3n) is 3.26. The average molecular weight is 317 g/mol. The van der Waals surface area contributed by atoms with Gasteiger partial charge >= 0.3 is 0 Å². The van der Waals surface area contributed by atoms with E-state index < -0.39 is 0 Å². The lowest BCUT2D eigenvalue weighted by Crippen LogP contribution is -2.33. The zero-order chi connectivity index (χ0) is 12.4. The van der Waals surface area contributed by atoms with Gasteiger partial charge in [-0.25, -0.2) is 9.97 Å². The Balaban J connectivity index is 0.00000133. The molecule has 1 atom stereocenters. The normalized spacial score (nSPS) is 20.1. The highest BCUT2D eigenvalue weighted by atomic mass is 35.5. The van der Waals surface area contributed by atoms with Crippen molar-refractivity contribution in [1.29, 1.82) is 0 Å². The lowest BCUT2D eigenvalue weighted by atomic mass is 9.99. The van der Waals surface area contributed by atoms with Gasteiger partial charge in [0.2, 0.25) is 0 Å². The van der Waals surface area contributed by atoms with Crippen molar-refractivity contribution in [1.82, 2.24) is 14.9 Å². The van der Waals surface area contributed by atoms with Crippen LogP contribution < -0.4 is 5.73 Å². The quantitative estimate of drug-likeness (QED) is 0.946. The van der Waals surface area contributed by atoms with Gasteiger partial charge in [-0.15, -0.1) is 35.1 Å². The van der Waals surface area contributed by atoms with Crippen LogP contribution in [0.3, 0.4) is 0 Å². The number of thiazole rings is 2. The maximum atomic E-state index is 5.67. The smallest absolute Gasteiger partial charge is 0.180 e. The maximum absolute atomic E-state index is 5.67. The molecule has 0 saturated carbocycles. The van der Waals surface area contributed by atoms with Gasteiger partial charge in [-0.1, -0.05) is 0 Å². The van der Waals surface area contributed by atoms with Gasteiger partial charge in [-0.2, -0.15) is 0 Å². The van der Waals surface area contributed by atoms with E-state index in [9.17, 15) is 0 Å². The molecule has 3 rings (SSSR count). The fourth-order valence-electron chi connectivity index (χ4n) is 2.45. The summed E-state index contributed by atoms with van der Waals surface area (Å²) in [7, 11) is 0. The molecule has 0 bridgehead atoms. The van der Waals surface area contributed by atoms with Crippen molar-refractivity contribution in [3.05, 3.63) is 27.7 Å². The summed E-state index contributed by atoms with van der Waals surface area (Å²) in [5, 5.41) is 4.01.